The average molecular weight is 313 g/mol. The van der Waals surface area contributed by atoms with Crippen LogP contribution in [0.3, 0.4) is 0 Å². The predicted octanol–water partition coefficient (Wildman–Crippen LogP) is 0.118. The molecular formula is C9H10Cl2N2O4S. The molecule has 1 aromatic carbocycles. The van der Waals surface area contributed by atoms with Gasteiger partial charge in [-0.2, -0.15) is 0 Å². The first-order valence-corrected chi connectivity index (χ1v) is 6.90. The molecule has 6 nitrogen and oxygen atoms in total. The number of hydrogen-bond acceptors (Lipinski definition) is 4. The maximum atomic E-state index is 11.8. The van der Waals surface area contributed by atoms with Gasteiger partial charge in [-0.3, -0.25) is 4.79 Å². The van der Waals surface area contributed by atoms with Crippen molar-refractivity contribution in [3.8, 4) is 0 Å². The van der Waals surface area contributed by atoms with E-state index in [0.717, 1.165) is 0 Å². The molecule has 0 saturated heterocycles. The van der Waals surface area contributed by atoms with Crippen LogP contribution in [0.25, 0.3) is 0 Å². The molecule has 1 atom stereocenters. The van der Waals surface area contributed by atoms with Gasteiger partial charge in [0.25, 0.3) is 0 Å². The van der Waals surface area contributed by atoms with Crippen molar-refractivity contribution in [2.45, 2.75) is 11.0 Å². The summed E-state index contributed by atoms with van der Waals surface area (Å²) in [6.07, 6.45) is -1.61. The molecule has 0 aliphatic rings. The van der Waals surface area contributed by atoms with Crippen LogP contribution in [0.4, 0.5) is 0 Å². The highest BCUT2D eigenvalue weighted by Crippen LogP contribution is 2.28. The minimum Gasteiger partial charge on any atom is -0.382 e. The summed E-state index contributed by atoms with van der Waals surface area (Å²) in [5.41, 5.74) is 4.79. The summed E-state index contributed by atoms with van der Waals surface area (Å²) in [5, 5.41) is 9.04. The third kappa shape index (κ3) is 3.56. The zero-order chi connectivity index (χ0) is 13.9. The minimum atomic E-state index is -3.98. The van der Waals surface area contributed by atoms with Gasteiger partial charge in [0.15, 0.2) is 0 Å². The first-order valence-electron chi connectivity index (χ1n) is 4.67. The average Bonchev–Trinajstić information content (AvgIpc) is 2.29. The van der Waals surface area contributed by atoms with E-state index >= 15 is 0 Å². The van der Waals surface area contributed by atoms with Gasteiger partial charge in [-0.15, -0.1) is 0 Å². The highest BCUT2D eigenvalue weighted by atomic mass is 35.5. The standard InChI is InChI=1S/C9H10Cl2N2O4S/c10-5-2-1-3-7(8(5)11)18(16,17)13-4-6(14)9(12)15/h1-3,6,13-14H,4H2,(H2,12,15). The summed E-state index contributed by atoms with van der Waals surface area (Å²) < 4.78 is 25.6. The highest BCUT2D eigenvalue weighted by molar-refractivity contribution is 7.89. The van der Waals surface area contributed by atoms with Crippen molar-refractivity contribution in [1.82, 2.24) is 4.72 Å². The number of sulfonamides is 1. The van der Waals surface area contributed by atoms with Crippen molar-refractivity contribution >= 4 is 39.1 Å². The molecule has 9 heteroatoms. The molecule has 0 radical (unpaired) electrons. The number of amides is 1. The van der Waals surface area contributed by atoms with Gasteiger partial charge >= 0.3 is 0 Å². The van der Waals surface area contributed by atoms with Crippen LogP contribution in [0.5, 0.6) is 0 Å². The molecule has 4 N–H and O–H groups in total. The second kappa shape index (κ2) is 5.85. The largest absolute Gasteiger partial charge is 0.382 e. The van der Waals surface area contributed by atoms with Crippen LogP contribution < -0.4 is 10.5 Å². The molecule has 1 unspecified atom stereocenters. The van der Waals surface area contributed by atoms with Gasteiger partial charge in [-0.05, 0) is 12.1 Å². The van der Waals surface area contributed by atoms with E-state index in [1.54, 1.807) is 0 Å². The number of hydrogen-bond donors (Lipinski definition) is 3. The number of primary amides is 1. The number of carbonyl (C=O) groups is 1. The van der Waals surface area contributed by atoms with Crippen LogP contribution >= 0.6 is 23.2 Å². The molecule has 1 amide bonds. The van der Waals surface area contributed by atoms with E-state index in [-0.39, 0.29) is 14.9 Å². The van der Waals surface area contributed by atoms with E-state index in [1.165, 1.54) is 18.2 Å². The molecule has 0 saturated carbocycles. The molecule has 100 valence electrons. The van der Waals surface area contributed by atoms with Gasteiger partial charge in [0.2, 0.25) is 15.9 Å². The number of aliphatic hydroxyl groups excluding tert-OH is 1. The molecule has 0 aliphatic heterocycles. The summed E-state index contributed by atoms with van der Waals surface area (Å²) in [4.78, 5) is 10.3. The lowest BCUT2D eigenvalue weighted by Gasteiger charge is -2.10. The quantitative estimate of drug-likeness (QED) is 0.717. The molecule has 18 heavy (non-hydrogen) atoms. The van der Waals surface area contributed by atoms with Crippen molar-refractivity contribution in [2.75, 3.05) is 6.54 Å². The van der Waals surface area contributed by atoms with Gasteiger partial charge in [-0.1, -0.05) is 29.3 Å². The SMILES string of the molecule is NC(=O)C(O)CNS(=O)(=O)c1cccc(Cl)c1Cl. The normalized spacial score (nSPS) is 13.3. The Kier molecular flexibility index (Phi) is 4.94. The van der Waals surface area contributed by atoms with E-state index in [4.69, 9.17) is 34.0 Å². The lowest BCUT2D eigenvalue weighted by atomic mass is 10.3. The van der Waals surface area contributed by atoms with E-state index in [1.807, 2.05) is 4.72 Å². The van der Waals surface area contributed by atoms with Crippen molar-refractivity contribution in [2.24, 2.45) is 5.73 Å². The van der Waals surface area contributed by atoms with Crippen molar-refractivity contribution in [1.29, 1.82) is 0 Å². The topological polar surface area (TPSA) is 109 Å². The summed E-state index contributed by atoms with van der Waals surface area (Å²) >= 11 is 11.4. The maximum Gasteiger partial charge on any atom is 0.247 e. The molecule has 0 spiro atoms. The van der Waals surface area contributed by atoms with E-state index < -0.39 is 28.6 Å². The lowest BCUT2D eigenvalue weighted by molar-refractivity contribution is -0.125. The van der Waals surface area contributed by atoms with Gasteiger partial charge < -0.3 is 10.8 Å². The second-order valence-corrected chi connectivity index (χ2v) is 5.84. The molecule has 1 rings (SSSR count). The van der Waals surface area contributed by atoms with Gasteiger partial charge in [0.05, 0.1) is 10.0 Å². The lowest BCUT2D eigenvalue weighted by Crippen LogP contribution is -2.40. The number of carbonyl (C=O) groups excluding carboxylic acids is 1. The molecule has 0 heterocycles. The third-order valence-corrected chi connectivity index (χ3v) is 4.40. The summed E-state index contributed by atoms with van der Waals surface area (Å²) in [7, 11) is -3.98. The fourth-order valence-electron chi connectivity index (χ4n) is 1.06. The number of nitrogens with two attached hydrogens (primary N) is 1. The first-order chi connectivity index (χ1) is 8.25. The number of rotatable bonds is 5. The third-order valence-electron chi connectivity index (χ3n) is 2.00. The van der Waals surface area contributed by atoms with E-state index in [9.17, 15) is 13.2 Å². The number of aliphatic hydroxyl groups is 1. The number of nitrogens with one attached hydrogen (secondary N) is 1. The first kappa shape index (κ1) is 15.2. The molecule has 0 bridgehead atoms. The maximum absolute atomic E-state index is 11.8. The van der Waals surface area contributed by atoms with Crippen LogP contribution in [-0.2, 0) is 14.8 Å². The van der Waals surface area contributed by atoms with Crippen molar-refractivity contribution < 1.29 is 18.3 Å². The summed E-state index contributed by atoms with van der Waals surface area (Å²) in [5.74, 6) is -1.03. The monoisotopic (exact) mass is 312 g/mol. The Balaban J connectivity index is 2.94. The zero-order valence-electron chi connectivity index (χ0n) is 8.93. The van der Waals surface area contributed by atoms with Crippen LogP contribution in [0.1, 0.15) is 0 Å². The molecule has 1 aromatic rings. The Bertz CT molecular complexity index is 562. The van der Waals surface area contributed by atoms with Crippen molar-refractivity contribution in [3.05, 3.63) is 28.2 Å². The Hall–Kier alpha value is -0.860. The highest BCUT2D eigenvalue weighted by Gasteiger charge is 2.21. The number of halogens is 2. The van der Waals surface area contributed by atoms with Crippen molar-refractivity contribution in [3.63, 3.8) is 0 Å². The summed E-state index contributed by atoms with van der Waals surface area (Å²) in [6.45, 7) is -0.541. The molecule has 0 aromatic heterocycles. The predicted molar refractivity (Wildman–Crippen MR) is 66.9 cm³/mol. The van der Waals surface area contributed by atoms with Crippen LogP contribution in [0.2, 0.25) is 10.0 Å². The fourth-order valence-corrected chi connectivity index (χ4v) is 2.86. The minimum absolute atomic E-state index is 0.0787. The van der Waals surface area contributed by atoms with Gasteiger partial charge in [0, 0.05) is 6.54 Å². The molecule has 0 fully saturated rings. The second-order valence-electron chi connectivity index (χ2n) is 3.32. The van der Waals surface area contributed by atoms with Gasteiger partial charge in [0.1, 0.15) is 11.0 Å². The Morgan fingerprint density at radius 3 is 2.61 bits per heavy atom. The Labute approximate surface area is 114 Å². The molecule has 0 aliphatic carbocycles. The smallest absolute Gasteiger partial charge is 0.247 e. The van der Waals surface area contributed by atoms with Crippen LogP contribution in [0.15, 0.2) is 23.1 Å². The molecular weight excluding hydrogens is 303 g/mol. The zero-order valence-corrected chi connectivity index (χ0v) is 11.3. The Morgan fingerprint density at radius 1 is 1.44 bits per heavy atom. The van der Waals surface area contributed by atoms with Gasteiger partial charge in [-0.25, -0.2) is 13.1 Å². The van der Waals surface area contributed by atoms with Crippen LogP contribution in [0, 0.1) is 0 Å². The Morgan fingerprint density at radius 2 is 2.06 bits per heavy atom. The van der Waals surface area contributed by atoms with Crippen LogP contribution in [-0.4, -0.2) is 32.1 Å². The summed E-state index contributed by atoms with van der Waals surface area (Å²) in [6, 6.07) is 4.08. The number of benzene rings is 1. The fraction of sp³-hybridized carbons (Fsp3) is 0.222. The van der Waals surface area contributed by atoms with E-state index in [0.29, 0.717) is 0 Å². The van der Waals surface area contributed by atoms with E-state index in [2.05, 4.69) is 0 Å².